The maximum absolute atomic E-state index is 6.05. The summed E-state index contributed by atoms with van der Waals surface area (Å²) < 4.78 is 11.1. The second-order valence-corrected chi connectivity index (χ2v) is 6.61. The smallest absolute Gasteiger partial charge is 0.158 e. The highest BCUT2D eigenvalue weighted by Crippen LogP contribution is 2.42. The van der Waals surface area contributed by atoms with Crippen molar-refractivity contribution in [2.45, 2.75) is 38.0 Å². The molecule has 1 aromatic carbocycles. The van der Waals surface area contributed by atoms with Crippen molar-refractivity contribution in [2.75, 3.05) is 13.2 Å². The van der Waals surface area contributed by atoms with Gasteiger partial charge in [0.15, 0.2) is 5.75 Å². The molecule has 0 saturated heterocycles. The largest absolute Gasteiger partial charge is 0.488 e. The fourth-order valence-electron chi connectivity index (χ4n) is 1.66. The van der Waals surface area contributed by atoms with Gasteiger partial charge in [0.1, 0.15) is 17.1 Å². The Balaban J connectivity index is 2.38. The number of thiol groups is 1. The molecule has 0 aliphatic heterocycles. The quantitative estimate of drug-likeness (QED) is 0.169. The average molecular weight is 392 g/mol. The molecular formula is C14H18Cl4O2S. The number of ether oxygens (including phenoxy) is 2. The van der Waals surface area contributed by atoms with Gasteiger partial charge >= 0.3 is 0 Å². The lowest BCUT2D eigenvalue weighted by Crippen LogP contribution is -2.13. The fraction of sp³-hybridized carbons (Fsp3) is 0.571. The predicted molar refractivity (Wildman–Crippen MR) is 94.8 cm³/mol. The van der Waals surface area contributed by atoms with Crippen LogP contribution in [0.2, 0.25) is 20.1 Å². The summed E-state index contributed by atoms with van der Waals surface area (Å²) in [5.74, 6) is 0.318. The van der Waals surface area contributed by atoms with Crippen LogP contribution in [0.3, 0.4) is 0 Å². The van der Waals surface area contributed by atoms with Gasteiger partial charge in [-0.3, -0.25) is 0 Å². The number of halogens is 4. The topological polar surface area (TPSA) is 18.5 Å². The van der Waals surface area contributed by atoms with Crippen molar-refractivity contribution in [3.63, 3.8) is 0 Å². The van der Waals surface area contributed by atoms with E-state index in [4.69, 9.17) is 55.9 Å². The molecule has 0 aromatic heterocycles. The van der Waals surface area contributed by atoms with E-state index >= 15 is 0 Å². The molecule has 0 spiro atoms. The molecule has 0 amide bonds. The Morgan fingerprint density at radius 2 is 1.76 bits per heavy atom. The lowest BCUT2D eigenvalue weighted by atomic mass is 10.2. The van der Waals surface area contributed by atoms with Crippen LogP contribution in [0, 0.1) is 0 Å². The van der Waals surface area contributed by atoms with Gasteiger partial charge in [0, 0.05) is 0 Å². The van der Waals surface area contributed by atoms with Crippen LogP contribution in [0.4, 0.5) is 0 Å². The van der Waals surface area contributed by atoms with Gasteiger partial charge in [-0.2, -0.15) is 0 Å². The van der Waals surface area contributed by atoms with Crippen molar-refractivity contribution in [2.24, 2.45) is 0 Å². The minimum absolute atomic E-state index is 0.0834. The second kappa shape index (κ2) is 10.3. The molecule has 21 heavy (non-hydrogen) atoms. The van der Waals surface area contributed by atoms with E-state index < -0.39 is 0 Å². The van der Waals surface area contributed by atoms with Crippen molar-refractivity contribution < 1.29 is 9.47 Å². The molecule has 120 valence electrons. The van der Waals surface area contributed by atoms with Gasteiger partial charge in [-0.25, -0.2) is 0 Å². The van der Waals surface area contributed by atoms with Crippen LogP contribution in [0.25, 0.3) is 0 Å². The minimum atomic E-state index is -0.0834. The number of hydrogen-bond acceptors (Lipinski definition) is 3. The average Bonchev–Trinajstić information content (AvgIpc) is 2.44. The van der Waals surface area contributed by atoms with Crippen molar-refractivity contribution in [3.8, 4) is 5.75 Å². The van der Waals surface area contributed by atoms with Crippen LogP contribution in [0.5, 0.6) is 5.75 Å². The highest BCUT2D eigenvalue weighted by molar-refractivity contribution is 7.80. The van der Waals surface area contributed by atoms with E-state index in [2.05, 4.69) is 19.6 Å². The van der Waals surface area contributed by atoms with Gasteiger partial charge in [0.05, 0.1) is 21.7 Å². The first-order valence-corrected chi connectivity index (χ1v) is 8.75. The van der Waals surface area contributed by atoms with Crippen LogP contribution in [-0.4, -0.2) is 18.6 Å². The Bertz CT molecular complexity index is 457. The maximum Gasteiger partial charge on any atom is 0.158 e. The molecule has 0 bridgehead atoms. The van der Waals surface area contributed by atoms with Gasteiger partial charge in [-0.05, 0) is 12.5 Å². The summed E-state index contributed by atoms with van der Waals surface area (Å²) >= 11 is 28.2. The number of rotatable bonds is 9. The zero-order chi connectivity index (χ0) is 15.8. The minimum Gasteiger partial charge on any atom is -0.488 e. The van der Waals surface area contributed by atoms with Crippen molar-refractivity contribution in [1.82, 2.24) is 0 Å². The zero-order valence-electron chi connectivity index (χ0n) is 11.7. The van der Waals surface area contributed by atoms with Crippen LogP contribution in [0.15, 0.2) is 6.07 Å². The molecule has 1 atom stereocenters. The maximum atomic E-state index is 6.05. The van der Waals surface area contributed by atoms with Crippen molar-refractivity contribution >= 4 is 59.0 Å². The molecule has 0 heterocycles. The second-order valence-electron chi connectivity index (χ2n) is 4.47. The number of hydrogen-bond donors (Lipinski definition) is 1. The summed E-state index contributed by atoms with van der Waals surface area (Å²) in [5, 5.41) is 1.05. The van der Waals surface area contributed by atoms with Gasteiger partial charge in [-0.1, -0.05) is 72.6 Å². The summed E-state index contributed by atoms with van der Waals surface area (Å²) in [6.45, 7) is 2.86. The van der Waals surface area contributed by atoms with Gasteiger partial charge in [0.2, 0.25) is 0 Å². The Hall–Kier alpha value is 0.490. The first-order chi connectivity index (χ1) is 9.97. The summed E-state index contributed by atoms with van der Waals surface area (Å²) in [6.07, 6.45) is 4.39. The van der Waals surface area contributed by atoms with E-state index in [1.165, 1.54) is 18.9 Å². The van der Waals surface area contributed by atoms with Gasteiger partial charge in [0.25, 0.3) is 0 Å². The molecule has 0 radical (unpaired) electrons. The zero-order valence-corrected chi connectivity index (χ0v) is 15.6. The monoisotopic (exact) mass is 390 g/mol. The molecule has 7 heteroatoms. The third-order valence-electron chi connectivity index (χ3n) is 2.77. The normalized spacial score (nSPS) is 12.5. The number of benzene rings is 1. The molecular weight excluding hydrogens is 374 g/mol. The van der Waals surface area contributed by atoms with Crippen LogP contribution in [-0.2, 0) is 4.74 Å². The van der Waals surface area contributed by atoms with E-state index in [1.807, 2.05) is 0 Å². The Morgan fingerprint density at radius 3 is 2.43 bits per heavy atom. The molecule has 2 nitrogen and oxygen atoms in total. The van der Waals surface area contributed by atoms with Crippen LogP contribution < -0.4 is 4.74 Å². The van der Waals surface area contributed by atoms with Crippen LogP contribution >= 0.6 is 59.0 Å². The van der Waals surface area contributed by atoms with Gasteiger partial charge in [-0.15, -0.1) is 12.6 Å². The predicted octanol–water partition coefficient (Wildman–Crippen LogP) is 6.53. The summed E-state index contributed by atoms with van der Waals surface area (Å²) in [4.78, 5) is 0. The third-order valence-corrected chi connectivity index (χ3v) is 4.70. The summed E-state index contributed by atoms with van der Waals surface area (Å²) in [5.41, 5.74) is -0.0834. The molecule has 1 aromatic rings. The molecule has 0 aliphatic carbocycles. The van der Waals surface area contributed by atoms with Crippen LogP contribution in [0.1, 0.15) is 32.6 Å². The van der Waals surface area contributed by atoms with E-state index in [9.17, 15) is 0 Å². The van der Waals surface area contributed by atoms with E-state index in [0.717, 1.165) is 12.8 Å². The first-order valence-electron chi connectivity index (χ1n) is 6.72. The summed E-state index contributed by atoms with van der Waals surface area (Å²) in [6, 6.07) is 1.50. The summed E-state index contributed by atoms with van der Waals surface area (Å²) in [7, 11) is 0. The molecule has 0 fully saturated rings. The van der Waals surface area contributed by atoms with E-state index in [1.54, 1.807) is 0 Å². The highest BCUT2D eigenvalue weighted by atomic mass is 35.5. The third kappa shape index (κ3) is 6.64. The number of unbranched alkanes of at least 4 members (excludes halogenated alkanes) is 2. The Kier molecular flexibility index (Phi) is 9.58. The first kappa shape index (κ1) is 19.5. The Morgan fingerprint density at radius 1 is 1.05 bits per heavy atom. The van der Waals surface area contributed by atoms with E-state index in [0.29, 0.717) is 29.0 Å². The Labute approximate surface area is 151 Å². The van der Waals surface area contributed by atoms with Gasteiger partial charge < -0.3 is 9.47 Å². The highest BCUT2D eigenvalue weighted by Gasteiger charge is 2.15. The van der Waals surface area contributed by atoms with Crippen molar-refractivity contribution in [1.29, 1.82) is 0 Å². The molecule has 0 saturated carbocycles. The van der Waals surface area contributed by atoms with E-state index in [-0.39, 0.29) is 15.5 Å². The lowest BCUT2D eigenvalue weighted by molar-refractivity contribution is 0.0785. The van der Waals surface area contributed by atoms with Crippen molar-refractivity contribution in [3.05, 3.63) is 26.2 Å². The molecule has 1 rings (SSSR count). The lowest BCUT2D eigenvalue weighted by Gasteiger charge is -2.14. The molecule has 1 unspecified atom stereocenters. The SMILES string of the molecule is CCCCCC(S)OCCOc1c(Cl)cc(Cl)c(Cl)c1Cl. The molecule has 0 aliphatic rings. The fourth-order valence-corrected chi connectivity index (χ4v) is 2.96. The molecule has 0 N–H and O–H groups in total. The standard InChI is InChI=1S/C14H18Cl4O2S/c1-2-3-4-5-11(21)19-6-7-20-14-10(16)8-9(15)12(17)13(14)18/h8,11,21H,2-7H2,1H3.